The maximum atomic E-state index is 5.91. The molecule has 1 aromatic rings. The maximum absolute atomic E-state index is 5.91. The van der Waals surface area contributed by atoms with Crippen LogP contribution < -0.4 is 5.32 Å². The number of rotatable bonds is 5. The molecule has 0 fully saturated rings. The third-order valence-corrected chi connectivity index (χ3v) is 2.95. The Morgan fingerprint density at radius 3 is 2.80 bits per heavy atom. The summed E-state index contributed by atoms with van der Waals surface area (Å²) in [6.07, 6.45) is 1.12. The Balaban J connectivity index is 2.40. The molecule has 4 heteroatoms. The predicted octanol–water partition coefficient (Wildman–Crippen LogP) is 3.47. The van der Waals surface area contributed by atoms with Gasteiger partial charge in [0.05, 0.1) is 0 Å². The van der Waals surface area contributed by atoms with Gasteiger partial charge in [-0.15, -0.1) is 0 Å². The molecule has 0 heterocycles. The van der Waals surface area contributed by atoms with Crippen LogP contribution in [0.2, 0.25) is 5.02 Å². The highest BCUT2D eigenvalue weighted by Crippen LogP contribution is 2.25. The molecule has 2 nitrogen and oxygen atoms in total. The van der Waals surface area contributed by atoms with Gasteiger partial charge in [0.15, 0.2) is 0 Å². The number of nitrogens with one attached hydrogen (secondary N) is 1. The Hall–Kier alpha value is -0.250. The largest absolute Gasteiger partial charge is 0.384 e. The first-order valence-corrected chi connectivity index (χ1v) is 6.10. The standard InChI is InChI=1S/C11H16BrClN2/c1-15(2)7-3-6-14-11-8-9(13)4-5-10(11)12/h4-5,8,14H,3,6-7H2,1-2H3. The second-order valence-corrected chi connectivity index (χ2v) is 5.00. The Labute approximate surface area is 105 Å². The summed E-state index contributed by atoms with van der Waals surface area (Å²) in [5.74, 6) is 0. The topological polar surface area (TPSA) is 15.3 Å². The zero-order chi connectivity index (χ0) is 11.3. The van der Waals surface area contributed by atoms with E-state index in [1.54, 1.807) is 0 Å². The fourth-order valence-corrected chi connectivity index (χ4v) is 1.81. The molecular formula is C11H16BrClN2. The Bertz CT molecular complexity index is 315. The van der Waals surface area contributed by atoms with Crippen LogP contribution >= 0.6 is 27.5 Å². The fraction of sp³-hybridized carbons (Fsp3) is 0.455. The van der Waals surface area contributed by atoms with Gasteiger partial charge in [-0.25, -0.2) is 0 Å². The lowest BCUT2D eigenvalue weighted by Gasteiger charge is -2.11. The Kier molecular flexibility index (Phi) is 5.43. The molecule has 0 aliphatic carbocycles. The van der Waals surface area contributed by atoms with Crippen molar-refractivity contribution >= 4 is 33.2 Å². The number of benzene rings is 1. The van der Waals surface area contributed by atoms with Crippen molar-refractivity contribution in [2.45, 2.75) is 6.42 Å². The molecule has 1 N–H and O–H groups in total. The summed E-state index contributed by atoms with van der Waals surface area (Å²) in [6, 6.07) is 5.76. The molecule has 0 aromatic heterocycles. The van der Waals surface area contributed by atoms with Crippen molar-refractivity contribution < 1.29 is 0 Å². The molecule has 0 amide bonds. The van der Waals surface area contributed by atoms with E-state index >= 15 is 0 Å². The van der Waals surface area contributed by atoms with E-state index in [2.05, 4.69) is 40.2 Å². The van der Waals surface area contributed by atoms with E-state index in [1.807, 2.05) is 18.2 Å². The molecule has 0 aliphatic rings. The molecule has 84 valence electrons. The molecule has 0 spiro atoms. The van der Waals surface area contributed by atoms with Crippen molar-refractivity contribution in [1.82, 2.24) is 4.90 Å². The molecule has 0 bridgehead atoms. The second kappa shape index (κ2) is 6.36. The average molecular weight is 292 g/mol. The third kappa shape index (κ3) is 4.87. The van der Waals surface area contributed by atoms with E-state index < -0.39 is 0 Å². The van der Waals surface area contributed by atoms with Gasteiger partial charge in [0, 0.05) is 21.7 Å². The lowest BCUT2D eigenvalue weighted by Crippen LogP contribution is -2.16. The van der Waals surface area contributed by atoms with Crippen LogP contribution in [0, 0.1) is 0 Å². The number of anilines is 1. The van der Waals surface area contributed by atoms with E-state index in [-0.39, 0.29) is 0 Å². The summed E-state index contributed by atoms with van der Waals surface area (Å²) < 4.78 is 1.05. The van der Waals surface area contributed by atoms with Crippen molar-refractivity contribution in [3.63, 3.8) is 0 Å². The van der Waals surface area contributed by atoms with Gasteiger partial charge in [-0.3, -0.25) is 0 Å². The van der Waals surface area contributed by atoms with Gasteiger partial charge in [-0.2, -0.15) is 0 Å². The molecule has 0 aliphatic heterocycles. The molecule has 0 atom stereocenters. The van der Waals surface area contributed by atoms with Crippen LogP contribution in [0.5, 0.6) is 0 Å². The molecule has 0 saturated heterocycles. The summed E-state index contributed by atoms with van der Waals surface area (Å²) in [6.45, 7) is 2.04. The summed E-state index contributed by atoms with van der Waals surface area (Å²) in [4.78, 5) is 2.18. The first kappa shape index (κ1) is 12.8. The normalized spacial score (nSPS) is 10.7. The van der Waals surface area contributed by atoms with Crippen LogP contribution in [-0.4, -0.2) is 32.1 Å². The van der Waals surface area contributed by atoms with E-state index in [9.17, 15) is 0 Å². The van der Waals surface area contributed by atoms with Crippen molar-refractivity contribution in [2.24, 2.45) is 0 Å². The van der Waals surface area contributed by atoms with Crippen molar-refractivity contribution in [2.75, 3.05) is 32.5 Å². The van der Waals surface area contributed by atoms with Gasteiger partial charge in [0.1, 0.15) is 0 Å². The number of nitrogens with zero attached hydrogens (tertiary/aromatic N) is 1. The fourth-order valence-electron chi connectivity index (χ4n) is 1.25. The van der Waals surface area contributed by atoms with Crippen LogP contribution in [0.15, 0.2) is 22.7 Å². The molecular weight excluding hydrogens is 275 g/mol. The molecule has 15 heavy (non-hydrogen) atoms. The minimum absolute atomic E-state index is 0.758. The highest BCUT2D eigenvalue weighted by molar-refractivity contribution is 9.10. The third-order valence-electron chi connectivity index (χ3n) is 2.03. The molecule has 1 aromatic carbocycles. The van der Waals surface area contributed by atoms with Gasteiger partial charge >= 0.3 is 0 Å². The lowest BCUT2D eigenvalue weighted by atomic mass is 10.3. The monoisotopic (exact) mass is 290 g/mol. The van der Waals surface area contributed by atoms with E-state index in [0.717, 1.165) is 34.7 Å². The van der Waals surface area contributed by atoms with E-state index in [0.29, 0.717) is 0 Å². The molecule has 0 radical (unpaired) electrons. The smallest absolute Gasteiger partial charge is 0.0499 e. The van der Waals surface area contributed by atoms with Crippen molar-refractivity contribution in [3.05, 3.63) is 27.7 Å². The van der Waals surface area contributed by atoms with Gasteiger partial charge in [0.2, 0.25) is 0 Å². The van der Waals surface area contributed by atoms with Crippen molar-refractivity contribution in [3.8, 4) is 0 Å². The predicted molar refractivity (Wildman–Crippen MR) is 70.8 cm³/mol. The zero-order valence-corrected chi connectivity index (χ0v) is 11.4. The lowest BCUT2D eigenvalue weighted by molar-refractivity contribution is 0.405. The second-order valence-electron chi connectivity index (χ2n) is 3.71. The first-order chi connectivity index (χ1) is 7.09. The summed E-state index contributed by atoms with van der Waals surface area (Å²) in [5, 5.41) is 4.11. The maximum Gasteiger partial charge on any atom is 0.0499 e. The van der Waals surface area contributed by atoms with Crippen LogP contribution in [0.1, 0.15) is 6.42 Å². The summed E-state index contributed by atoms with van der Waals surface area (Å²) in [5.41, 5.74) is 1.06. The van der Waals surface area contributed by atoms with Gasteiger partial charge < -0.3 is 10.2 Å². The Morgan fingerprint density at radius 2 is 2.13 bits per heavy atom. The average Bonchev–Trinajstić information content (AvgIpc) is 2.17. The number of hydrogen-bond acceptors (Lipinski definition) is 2. The van der Waals surface area contributed by atoms with Crippen LogP contribution in [0.4, 0.5) is 5.69 Å². The highest BCUT2D eigenvalue weighted by atomic mass is 79.9. The minimum atomic E-state index is 0.758. The van der Waals surface area contributed by atoms with E-state index in [1.165, 1.54) is 0 Å². The van der Waals surface area contributed by atoms with Crippen LogP contribution in [0.25, 0.3) is 0 Å². The summed E-state index contributed by atoms with van der Waals surface area (Å²) >= 11 is 9.39. The van der Waals surface area contributed by atoms with E-state index in [4.69, 9.17) is 11.6 Å². The molecule has 0 saturated carbocycles. The van der Waals surface area contributed by atoms with Gasteiger partial charge in [0.25, 0.3) is 0 Å². The number of hydrogen-bond donors (Lipinski definition) is 1. The van der Waals surface area contributed by atoms with Crippen LogP contribution in [-0.2, 0) is 0 Å². The SMILES string of the molecule is CN(C)CCCNc1cc(Cl)ccc1Br. The number of halogens is 2. The minimum Gasteiger partial charge on any atom is -0.384 e. The van der Waals surface area contributed by atoms with Crippen LogP contribution in [0.3, 0.4) is 0 Å². The van der Waals surface area contributed by atoms with Gasteiger partial charge in [-0.1, -0.05) is 11.6 Å². The molecule has 0 unspecified atom stereocenters. The summed E-state index contributed by atoms with van der Waals surface area (Å²) in [7, 11) is 4.16. The van der Waals surface area contributed by atoms with Gasteiger partial charge in [-0.05, 0) is 61.2 Å². The quantitative estimate of drug-likeness (QED) is 0.836. The zero-order valence-electron chi connectivity index (χ0n) is 9.06. The highest BCUT2D eigenvalue weighted by Gasteiger charge is 1.99. The Morgan fingerprint density at radius 1 is 1.40 bits per heavy atom. The molecule has 1 rings (SSSR count). The first-order valence-electron chi connectivity index (χ1n) is 4.93. The van der Waals surface area contributed by atoms with Crippen molar-refractivity contribution in [1.29, 1.82) is 0 Å².